The summed E-state index contributed by atoms with van der Waals surface area (Å²) >= 11 is 0. The second-order valence-corrected chi connectivity index (χ2v) is 5.87. The van der Waals surface area contributed by atoms with Gasteiger partial charge in [0.2, 0.25) is 10.0 Å². The molecule has 0 aliphatic rings. The van der Waals surface area contributed by atoms with Crippen molar-refractivity contribution in [2.24, 2.45) is 5.14 Å². The summed E-state index contributed by atoms with van der Waals surface area (Å²) in [5.41, 5.74) is 1.05. The molecule has 18 heavy (non-hydrogen) atoms. The number of hydrogen-bond donors (Lipinski definition) is 2. The molecule has 0 spiro atoms. The Morgan fingerprint density at radius 2 is 2.06 bits per heavy atom. The number of benzene rings is 1. The lowest BCUT2D eigenvalue weighted by molar-refractivity contribution is 0.0938. The van der Waals surface area contributed by atoms with Crippen LogP contribution in [0, 0.1) is 6.92 Å². The summed E-state index contributed by atoms with van der Waals surface area (Å²) in [7, 11) is -3.79. The van der Waals surface area contributed by atoms with E-state index in [0.29, 0.717) is 11.1 Å². The molecule has 1 unspecified atom stereocenters. The summed E-state index contributed by atoms with van der Waals surface area (Å²) in [5.74, 6) is -0.285. The number of nitrogens with two attached hydrogens (primary N) is 1. The Morgan fingerprint density at radius 1 is 1.44 bits per heavy atom. The second-order valence-electron chi connectivity index (χ2n) is 4.30. The first kappa shape index (κ1) is 14.7. The van der Waals surface area contributed by atoms with Crippen molar-refractivity contribution in [3.8, 4) is 0 Å². The van der Waals surface area contributed by atoms with Crippen LogP contribution in [0.1, 0.15) is 36.2 Å². The van der Waals surface area contributed by atoms with Crippen LogP contribution in [0.2, 0.25) is 0 Å². The molecule has 0 bridgehead atoms. The van der Waals surface area contributed by atoms with E-state index in [4.69, 9.17) is 5.14 Å². The molecular formula is C12H18N2O3S. The minimum Gasteiger partial charge on any atom is -0.350 e. The zero-order valence-electron chi connectivity index (χ0n) is 10.7. The number of hydrogen-bond acceptors (Lipinski definition) is 3. The molecule has 0 saturated heterocycles. The molecule has 0 heterocycles. The van der Waals surface area contributed by atoms with E-state index in [1.165, 1.54) is 12.1 Å². The van der Waals surface area contributed by atoms with Crippen LogP contribution >= 0.6 is 0 Å². The number of rotatable bonds is 4. The zero-order chi connectivity index (χ0) is 13.9. The normalized spacial score (nSPS) is 13.1. The SMILES string of the molecule is CCC(C)NC(=O)c1cc(S(N)(=O)=O)ccc1C. The molecule has 1 amide bonds. The van der Waals surface area contributed by atoms with Gasteiger partial charge < -0.3 is 5.32 Å². The van der Waals surface area contributed by atoms with Crippen LogP contribution in [0.15, 0.2) is 23.1 Å². The van der Waals surface area contributed by atoms with Crippen LogP contribution < -0.4 is 10.5 Å². The first-order chi connectivity index (χ1) is 8.25. The van der Waals surface area contributed by atoms with E-state index in [1.54, 1.807) is 13.0 Å². The molecule has 1 rings (SSSR count). The highest BCUT2D eigenvalue weighted by molar-refractivity contribution is 7.89. The number of amides is 1. The molecule has 0 fully saturated rings. The molecule has 0 saturated carbocycles. The van der Waals surface area contributed by atoms with Crippen molar-refractivity contribution < 1.29 is 13.2 Å². The first-order valence-corrected chi connectivity index (χ1v) is 7.24. The lowest BCUT2D eigenvalue weighted by atomic mass is 10.1. The Kier molecular flexibility index (Phi) is 4.48. The quantitative estimate of drug-likeness (QED) is 0.860. The highest BCUT2D eigenvalue weighted by Gasteiger charge is 2.15. The average molecular weight is 270 g/mol. The van der Waals surface area contributed by atoms with Crippen molar-refractivity contribution in [1.82, 2.24) is 5.32 Å². The van der Waals surface area contributed by atoms with Crippen molar-refractivity contribution in [2.45, 2.75) is 38.1 Å². The van der Waals surface area contributed by atoms with Gasteiger partial charge in [-0.05, 0) is 38.0 Å². The van der Waals surface area contributed by atoms with Gasteiger partial charge in [-0.15, -0.1) is 0 Å². The van der Waals surface area contributed by atoms with Gasteiger partial charge in [0.15, 0.2) is 0 Å². The Balaban J connectivity index is 3.12. The molecule has 1 atom stereocenters. The van der Waals surface area contributed by atoms with Crippen LogP contribution in [-0.4, -0.2) is 20.4 Å². The van der Waals surface area contributed by atoms with Crippen LogP contribution in [0.4, 0.5) is 0 Å². The maximum Gasteiger partial charge on any atom is 0.251 e. The summed E-state index contributed by atoms with van der Waals surface area (Å²) in [4.78, 5) is 11.9. The number of carbonyl (C=O) groups is 1. The Bertz CT molecular complexity index is 552. The third-order valence-corrected chi connectivity index (χ3v) is 3.68. The third-order valence-electron chi connectivity index (χ3n) is 2.77. The minimum atomic E-state index is -3.79. The fraction of sp³-hybridized carbons (Fsp3) is 0.417. The summed E-state index contributed by atoms with van der Waals surface area (Å²) in [6.07, 6.45) is 0.805. The Morgan fingerprint density at radius 3 is 2.56 bits per heavy atom. The summed E-state index contributed by atoms with van der Waals surface area (Å²) < 4.78 is 22.5. The highest BCUT2D eigenvalue weighted by atomic mass is 32.2. The van der Waals surface area contributed by atoms with E-state index in [0.717, 1.165) is 6.42 Å². The van der Waals surface area contributed by atoms with Gasteiger partial charge in [-0.2, -0.15) is 0 Å². The maximum absolute atomic E-state index is 12.0. The highest BCUT2D eigenvalue weighted by Crippen LogP contribution is 2.14. The van der Waals surface area contributed by atoms with Crippen LogP contribution in [0.3, 0.4) is 0 Å². The Labute approximate surface area is 107 Å². The van der Waals surface area contributed by atoms with Gasteiger partial charge in [0, 0.05) is 11.6 Å². The van der Waals surface area contributed by atoms with Crippen molar-refractivity contribution in [2.75, 3.05) is 0 Å². The smallest absolute Gasteiger partial charge is 0.251 e. The molecule has 0 aliphatic carbocycles. The largest absolute Gasteiger partial charge is 0.350 e. The molecular weight excluding hydrogens is 252 g/mol. The fourth-order valence-corrected chi connectivity index (χ4v) is 1.97. The van der Waals surface area contributed by atoms with Gasteiger partial charge in [0.1, 0.15) is 0 Å². The van der Waals surface area contributed by atoms with Gasteiger partial charge in [0.25, 0.3) is 5.91 Å². The second kappa shape index (κ2) is 5.49. The molecule has 0 radical (unpaired) electrons. The van der Waals surface area contributed by atoms with Crippen molar-refractivity contribution in [3.05, 3.63) is 29.3 Å². The van der Waals surface area contributed by atoms with E-state index < -0.39 is 10.0 Å². The van der Waals surface area contributed by atoms with Crippen LogP contribution in [0.25, 0.3) is 0 Å². The van der Waals surface area contributed by atoms with Crippen LogP contribution in [0.5, 0.6) is 0 Å². The summed E-state index contributed by atoms with van der Waals surface area (Å²) in [6, 6.07) is 4.31. The van der Waals surface area contributed by atoms with Gasteiger partial charge in [0.05, 0.1) is 4.90 Å². The van der Waals surface area contributed by atoms with E-state index in [1.807, 2.05) is 13.8 Å². The monoisotopic (exact) mass is 270 g/mol. The number of carbonyl (C=O) groups excluding carboxylic acids is 1. The summed E-state index contributed by atoms with van der Waals surface area (Å²) in [5, 5.41) is 7.83. The average Bonchev–Trinajstić information content (AvgIpc) is 2.27. The lowest BCUT2D eigenvalue weighted by Crippen LogP contribution is -2.32. The van der Waals surface area contributed by atoms with Crippen molar-refractivity contribution >= 4 is 15.9 Å². The van der Waals surface area contributed by atoms with Crippen LogP contribution in [-0.2, 0) is 10.0 Å². The summed E-state index contributed by atoms with van der Waals surface area (Å²) in [6.45, 7) is 5.59. The molecule has 0 aliphatic heterocycles. The van der Waals surface area contributed by atoms with Gasteiger partial charge in [-0.1, -0.05) is 13.0 Å². The predicted molar refractivity (Wildman–Crippen MR) is 69.8 cm³/mol. The molecule has 1 aromatic carbocycles. The maximum atomic E-state index is 12.0. The number of sulfonamides is 1. The number of primary sulfonamides is 1. The Hall–Kier alpha value is -1.40. The molecule has 6 heteroatoms. The fourth-order valence-electron chi connectivity index (χ4n) is 1.43. The van der Waals surface area contributed by atoms with Gasteiger partial charge in [-0.25, -0.2) is 13.6 Å². The molecule has 5 nitrogen and oxygen atoms in total. The number of nitrogens with one attached hydrogen (secondary N) is 1. The minimum absolute atomic E-state index is 0.0371. The van der Waals surface area contributed by atoms with E-state index in [9.17, 15) is 13.2 Å². The zero-order valence-corrected chi connectivity index (χ0v) is 11.5. The van der Waals surface area contributed by atoms with E-state index in [-0.39, 0.29) is 16.8 Å². The first-order valence-electron chi connectivity index (χ1n) is 5.70. The molecule has 1 aromatic rings. The predicted octanol–water partition coefficient (Wildman–Crippen LogP) is 1.17. The lowest BCUT2D eigenvalue weighted by Gasteiger charge is -2.13. The molecule has 3 N–H and O–H groups in total. The molecule has 100 valence electrons. The van der Waals surface area contributed by atoms with Gasteiger partial charge >= 0.3 is 0 Å². The van der Waals surface area contributed by atoms with Gasteiger partial charge in [-0.3, -0.25) is 4.79 Å². The topological polar surface area (TPSA) is 89.3 Å². The number of aryl methyl sites for hydroxylation is 1. The molecule has 0 aromatic heterocycles. The van der Waals surface area contributed by atoms with E-state index >= 15 is 0 Å². The third kappa shape index (κ3) is 3.54. The van der Waals surface area contributed by atoms with Crippen molar-refractivity contribution in [3.63, 3.8) is 0 Å². The van der Waals surface area contributed by atoms with Crippen molar-refractivity contribution in [1.29, 1.82) is 0 Å². The van der Waals surface area contributed by atoms with E-state index in [2.05, 4.69) is 5.32 Å². The standard InChI is InChI=1S/C12H18N2O3S/c1-4-9(3)14-12(15)11-7-10(18(13,16)17)6-5-8(11)2/h5-7,9H,4H2,1-3H3,(H,14,15)(H2,13,16,17).